The molecule has 6 rings (SSSR count). The second-order valence-electron chi connectivity index (χ2n) is 15.4. The maximum atomic E-state index is 14.5. The van der Waals surface area contributed by atoms with Crippen molar-refractivity contribution in [3.63, 3.8) is 0 Å². The minimum atomic E-state index is -3.66. The van der Waals surface area contributed by atoms with Crippen molar-refractivity contribution in [2.45, 2.75) is 107 Å². The largest absolute Gasteiger partial charge is 0.472 e. The van der Waals surface area contributed by atoms with E-state index in [2.05, 4.69) is 43.8 Å². The van der Waals surface area contributed by atoms with Crippen LogP contribution in [0, 0.1) is 11.3 Å². The summed E-state index contributed by atoms with van der Waals surface area (Å²) in [5, 5.41) is 8.51. The zero-order valence-electron chi connectivity index (χ0n) is 30.3. The number of alkyl carbamates (subject to hydrolysis) is 1. The van der Waals surface area contributed by atoms with Gasteiger partial charge in [0.2, 0.25) is 33.7 Å². The summed E-state index contributed by atoms with van der Waals surface area (Å²) in [5.41, 5.74) is -1.02. The average molecular weight is 770 g/mol. The number of rotatable bonds is 14. The lowest BCUT2D eigenvalue weighted by atomic mass is 9.85. The molecule has 53 heavy (non-hydrogen) atoms. The van der Waals surface area contributed by atoms with Crippen molar-refractivity contribution in [3.8, 4) is 5.88 Å². The van der Waals surface area contributed by atoms with E-state index < -0.39 is 62.3 Å². The summed E-state index contributed by atoms with van der Waals surface area (Å²) in [6.07, 6.45) is 5.03. The molecule has 1 aliphatic heterocycles. The highest BCUT2D eigenvalue weighted by molar-refractivity contribution is 7.90. The molecule has 286 valence electrons. The predicted molar refractivity (Wildman–Crippen MR) is 200 cm³/mol. The number of hydrogen-bond donors (Lipinski definition) is 4. The fourth-order valence-electron chi connectivity index (χ4n) is 7.00. The number of carbonyl (C=O) groups is 3. The van der Waals surface area contributed by atoms with E-state index in [4.69, 9.17) is 21.1 Å². The lowest BCUT2D eigenvalue weighted by Crippen LogP contribution is -2.59. The van der Waals surface area contributed by atoms with Crippen molar-refractivity contribution in [2.24, 2.45) is 11.3 Å². The number of anilines is 2. The lowest BCUT2D eigenvalue weighted by Gasteiger charge is -2.35. The first kappa shape index (κ1) is 38.4. The lowest BCUT2D eigenvalue weighted by molar-refractivity contribution is -0.142. The van der Waals surface area contributed by atoms with Crippen LogP contribution in [-0.2, 0) is 24.3 Å². The van der Waals surface area contributed by atoms with Crippen LogP contribution in [0.1, 0.15) is 72.1 Å². The van der Waals surface area contributed by atoms with Crippen LogP contribution in [0.15, 0.2) is 61.3 Å². The van der Waals surface area contributed by atoms with Gasteiger partial charge in [-0.25, -0.2) is 18.2 Å². The molecule has 4 aliphatic rings. The summed E-state index contributed by atoms with van der Waals surface area (Å²) < 4.78 is 40.2. The number of nitrogens with zero attached hydrogens (tertiary/aromatic N) is 3. The van der Waals surface area contributed by atoms with Crippen molar-refractivity contribution in [2.75, 3.05) is 11.9 Å². The van der Waals surface area contributed by atoms with Crippen molar-refractivity contribution in [1.82, 2.24) is 30.2 Å². The smallest absolute Gasteiger partial charge is 0.408 e. The molecular formula is C37H48ClN7O7S. The van der Waals surface area contributed by atoms with E-state index in [1.165, 1.54) is 11.0 Å². The molecule has 1 saturated heterocycles. The quantitative estimate of drug-likeness (QED) is 0.152. The molecule has 2 heterocycles. The number of halogens is 1. The molecule has 16 heteroatoms. The minimum Gasteiger partial charge on any atom is -0.472 e. The Morgan fingerprint density at radius 1 is 1.08 bits per heavy atom. The molecule has 1 aromatic carbocycles. The van der Waals surface area contributed by atoms with Gasteiger partial charge in [-0.05, 0) is 62.5 Å². The number of carbonyl (C=O) groups excluding carboxylic acids is 3. The van der Waals surface area contributed by atoms with E-state index in [1.807, 2.05) is 51.1 Å². The third-order valence-electron chi connectivity index (χ3n) is 10.2. The molecular weight excluding hydrogens is 722 g/mol. The summed E-state index contributed by atoms with van der Waals surface area (Å²) in [6.45, 7) is 13.3. The zero-order chi connectivity index (χ0) is 38.1. The summed E-state index contributed by atoms with van der Waals surface area (Å²) in [7, 11) is -3.66. The van der Waals surface area contributed by atoms with Gasteiger partial charge in [-0.3, -0.25) is 14.3 Å². The van der Waals surface area contributed by atoms with E-state index in [1.54, 1.807) is 6.08 Å². The topological polar surface area (TPSA) is 181 Å². The van der Waals surface area contributed by atoms with Crippen molar-refractivity contribution < 1.29 is 32.3 Å². The third-order valence-corrected chi connectivity index (χ3v) is 12.3. The minimum absolute atomic E-state index is 0.0287. The Morgan fingerprint density at radius 2 is 1.77 bits per heavy atom. The molecule has 3 saturated carbocycles. The predicted octanol–water partition coefficient (Wildman–Crippen LogP) is 4.96. The molecule has 2 aromatic rings. The fraction of sp³-hybridized carbons (Fsp3) is 0.541. The molecule has 0 spiro atoms. The second kappa shape index (κ2) is 15.2. The molecule has 0 radical (unpaired) electrons. The first-order valence-electron chi connectivity index (χ1n) is 18.0. The number of sulfonamides is 1. The highest BCUT2D eigenvalue weighted by Crippen LogP contribution is 2.49. The summed E-state index contributed by atoms with van der Waals surface area (Å²) >= 11 is 6.35. The first-order chi connectivity index (χ1) is 25.1. The number of ether oxygens (including phenoxy) is 2. The number of amides is 3. The normalized spacial score (nSPS) is 24.8. The number of aromatic nitrogens is 2. The van der Waals surface area contributed by atoms with Gasteiger partial charge >= 0.3 is 6.09 Å². The third kappa shape index (κ3) is 9.06. The van der Waals surface area contributed by atoms with E-state index in [9.17, 15) is 22.8 Å². The first-order valence-corrected chi connectivity index (χ1v) is 20.0. The van der Waals surface area contributed by atoms with Gasteiger partial charge in [0.05, 0.1) is 17.3 Å². The number of para-hydroxylation sites is 1. The zero-order valence-corrected chi connectivity index (χ0v) is 31.8. The number of benzene rings is 1. The number of hydrogen-bond acceptors (Lipinski definition) is 10. The van der Waals surface area contributed by atoms with Crippen LogP contribution in [0.2, 0.25) is 5.15 Å². The van der Waals surface area contributed by atoms with Crippen LogP contribution in [0.3, 0.4) is 0 Å². The Kier molecular flexibility index (Phi) is 11.0. The molecule has 4 N–H and O–H groups in total. The number of nitrogens with one attached hydrogen (secondary N) is 4. The Morgan fingerprint density at radius 3 is 2.40 bits per heavy atom. The van der Waals surface area contributed by atoms with Gasteiger partial charge in [0.1, 0.15) is 29.4 Å². The van der Waals surface area contributed by atoms with Crippen LogP contribution < -0.4 is 25.4 Å². The maximum Gasteiger partial charge on any atom is 0.408 e. The van der Waals surface area contributed by atoms with Crippen LogP contribution >= 0.6 is 11.6 Å². The fourth-order valence-corrected chi connectivity index (χ4v) is 8.62. The Labute approximate surface area is 315 Å². The van der Waals surface area contributed by atoms with Gasteiger partial charge in [0.15, 0.2) is 0 Å². The van der Waals surface area contributed by atoms with Gasteiger partial charge in [-0.15, -0.1) is 6.58 Å². The molecule has 3 amide bonds. The monoisotopic (exact) mass is 769 g/mol. The summed E-state index contributed by atoms with van der Waals surface area (Å²) in [4.78, 5) is 52.1. The molecule has 4 fully saturated rings. The van der Waals surface area contributed by atoms with Crippen LogP contribution in [0.5, 0.6) is 5.88 Å². The summed E-state index contributed by atoms with van der Waals surface area (Å²) in [6, 6.07) is 8.58. The van der Waals surface area contributed by atoms with Crippen LogP contribution in [0.4, 0.5) is 16.4 Å². The second-order valence-corrected chi connectivity index (χ2v) is 17.8. The van der Waals surface area contributed by atoms with E-state index in [0.717, 1.165) is 31.4 Å². The van der Waals surface area contributed by atoms with Crippen molar-refractivity contribution >= 4 is 51.2 Å². The van der Waals surface area contributed by atoms with Gasteiger partial charge in [0, 0.05) is 29.8 Å². The Hall–Kier alpha value is -4.37. The van der Waals surface area contributed by atoms with Gasteiger partial charge in [0.25, 0.3) is 0 Å². The van der Waals surface area contributed by atoms with E-state index in [-0.39, 0.29) is 47.7 Å². The van der Waals surface area contributed by atoms with E-state index in [0.29, 0.717) is 19.3 Å². The molecule has 0 unspecified atom stereocenters. The van der Waals surface area contributed by atoms with E-state index >= 15 is 0 Å². The molecule has 5 atom stereocenters. The molecule has 14 nitrogen and oxygen atoms in total. The summed E-state index contributed by atoms with van der Waals surface area (Å²) in [5.74, 6) is -1.01. The highest BCUT2D eigenvalue weighted by atomic mass is 35.5. The number of likely N-dealkylation sites (tertiary alicyclic amines) is 1. The molecule has 0 bridgehead atoms. The Balaban J connectivity index is 1.25. The highest BCUT2D eigenvalue weighted by Gasteiger charge is 2.58. The molecule has 1 aromatic heterocycles. The average Bonchev–Trinajstić information content (AvgIpc) is 3.97. The van der Waals surface area contributed by atoms with Gasteiger partial charge in [-0.1, -0.05) is 63.2 Å². The van der Waals surface area contributed by atoms with Gasteiger partial charge < -0.3 is 30.3 Å². The van der Waals surface area contributed by atoms with Crippen molar-refractivity contribution in [3.05, 3.63) is 66.5 Å². The maximum absolute atomic E-state index is 14.5. The standard InChI is InChI=1S/C37H48ClN7O7S/c1-6-23-20-37(23,22(2)44-53(49,50)27-16-17-27)43-32(46)28-18-26(51-30-19-29(38)40-34(41-30)39-24-12-8-7-9-13-24)21-45(28)33(47)31(36(3,4)5)42-35(48)52-25-14-10-11-15-25/h6-9,12-13,19,23,25-28,31,44H,1-2,10-11,14-18,20-21H2,3-5H3,(H,42,48)(H,43,46)(H,39,40,41)/t23-,26-,28+,31-,37+/m1/s1. The van der Waals surface area contributed by atoms with Gasteiger partial charge in [-0.2, -0.15) is 4.98 Å². The van der Waals surface area contributed by atoms with Crippen LogP contribution in [0.25, 0.3) is 0 Å². The van der Waals surface area contributed by atoms with Crippen molar-refractivity contribution in [1.29, 1.82) is 0 Å². The molecule has 3 aliphatic carbocycles. The van der Waals surface area contributed by atoms with Crippen LogP contribution in [-0.4, -0.2) is 82.8 Å². The SMILES string of the molecule is C=C[C@@H]1C[C@]1(NC(=O)[C@@H]1C[C@@H](Oc2cc(Cl)nc(Nc3ccccc3)n2)CN1C(=O)[C@@H](NC(=O)OC1CCCC1)C(C)(C)C)C(=C)NS(=O)(=O)C1CC1. The Bertz CT molecular complexity index is 1850.